The number of anilines is 1. The molecule has 0 saturated carbocycles. The van der Waals surface area contributed by atoms with Crippen LogP contribution in [-0.4, -0.2) is 64.1 Å². The summed E-state index contributed by atoms with van der Waals surface area (Å²) >= 11 is 6.80. The lowest BCUT2D eigenvalue weighted by Gasteiger charge is -2.25. The molecule has 0 aliphatic carbocycles. The minimum absolute atomic E-state index is 0.131. The van der Waals surface area contributed by atoms with Crippen molar-refractivity contribution in [3.8, 4) is 0 Å². The number of aromatic nitrogens is 1. The number of unbranched alkanes of at least 4 members (excludes halogenated alkanes) is 2. The van der Waals surface area contributed by atoms with Gasteiger partial charge in [0.1, 0.15) is 18.3 Å². The van der Waals surface area contributed by atoms with Gasteiger partial charge in [-0.2, -0.15) is 0 Å². The maximum atomic E-state index is 13.3. The number of hydrogen-bond donors (Lipinski definition) is 8. The molecule has 1 aromatic heterocycles. The predicted octanol–water partition coefficient (Wildman–Crippen LogP) is 3.22. The minimum Gasteiger partial charge on any atom is -0.392 e. The Kier molecular flexibility index (Phi) is 18.5. The van der Waals surface area contributed by atoms with Gasteiger partial charge in [0.25, 0.3) is 0 Å². The van der Waals surface area contributed by atoms with E-state index in [1.54, 1.807) is 38.1 Å². The van der Waals surface area contributed by atoms with Crippen LogP contribution in [-0.2, 0) is 31.7 Å². The third-order valence-electron chi connectivity index (χ3n) is 7.23. The van der Waals surface area contributed by atoms with Crippen LogP contribution in [0.25, 0.3) is 0 Å². The molecule has 1 aromatic carbocycles. The van der Waals surface area contributed by atoms with Crippen molar-refractivity contribution in [2.75, 3.05) is 18.4 Å². The number of nitrogens with two attached hydrogens (primary N) is 1. The number of carbonyl (C=O) groups is 4. The molecular weight excluding hydrogens is 738 g/mol. The number of aliphatic hydroxyl groups excluding tert-OH is 2. The van der Waals surface area contributed by atoms with Crippen LogP contribution >= 0.6 is 31.9 Å². The van der Waals surface area contributed by atoms with Crippen molar-refractivity contribution in [1.29, 1.82) is 0 Å². The largest absolute Gasteiger partial charge is 0.392 e. The van der Waals surface area contributed by atoms with E-state index < -0.39 is 36.2 Å². The maximum Gasteiger partial charge on any atom is 0.312 e. The number of carbonyl (C=O) groups excluding carboxylic acids is 4. The number of nitrogens with one attached hydrogen (secondary N) is 5. The van der Waals surface area contributed by atoms with E-state index in [2.05, 4.69) is 63.4 Å². The quantitative estimate of drug-likeness (QED) is 0.0535. The molecule has 2 rings (SSSR count). The Balaban J connectivity index is 1.87. The molecule has 0 radical (unpaired) electrons. The zero-order valence-corrected chi connectivity index (χ0v) is 30.0. The van der Waals surface area contributed by atoms with Crippen molar-refractivity contribution in [1.82, 2.24) is 26.3 Å². The first-order chi connectivity index (χ1) is 22.5. The molecule has 15 heteroatoms. The number of alkyl halides is 2. The van der Waals surface area contributed by atoms with Gasteiger partial charge in [0.2, 0.25) is 17.7 Å². The summed E-state index contributed by atoms with van der Waals surface area (Å²) in [7, 11) is 0. The number of primary amides is 1. The van der Waals surface area contributed by atoms with Gasteiger partial charge in [0.15, 0.2) is 0 Å². The minimum atomic E-state index is -0.944. The van der Waals surface area contributed by atoms with E-state index in [0.29, 0.717) is 41.3 Å². The van der Waals surface area contributed by atoms with Gasteiger partial charge in [-0.25, -0.2) is 4.79 Å². The molecule has 13 nitrogen and oxygen atoms in total. The van der Waals surface area contributed by atoms with Crippen molar-refractivity contribution in [2.45, 2.75) is 88.0 Å². The summed E-state index contributed by atoms with van der Waals surface area (Å²) in [4.78, 5) is 54.8. The SMILES string of the molecule is CC(C)[C@H](NC(=O)CCCCCNC(O)c1cc(CBr)nc(CBr)c1)C(=O)N[C@@H](CCCNC(N)=O)C(=O)Nc1ccc(CO)cc1. The highest BCUT2D eigenvalue weighted by atomic mass is 79.9. The lowest BCUT2D eigenvalue weighted by atomic mass is 10.0. The van der Waals surface area contributed by atoms with Crippen molar-refractivity contribution < 1.29 is 29.4 Å². The topological polar surface area (TPSA) is 208 Å². The highest BCUT2D eigenvalue weighted by molar-refractivity contribution is 9.08. The van der Waals surface area contributed by atoms with Crippen molar-refractivity contribution >= 4 is 61.3 Å². The second kappa shape index (κ2) is 21.7. The van der Waals surface area contributed by atoms with Crippen molar-refractivity contribution in [3.05, 3.63) is 58.9 Å². The number of pyridine rings is 1. The number of urea groups is 1. The number of halogens is 2. The average Bonchev–Trinajstić information content (AvgIpc) is 3.05. The molecule has 5 amide bonds. The maximum absolute atomic E-state index is 13.3. The number of rotatable bonds is 21. The summed E-state index contributed by atoms with van der Waals surface area (Å²) < 4.78 is 0. The van der Waals surface area contributed by atoms with E-state index in [1.807, 2.05) is 12.1 Å². The Hall–Kier alpha value is -3.11. The Bertz CT molecular complexity index is 1280. The van der Waals surface area contributed by atoms with Crippen LogP contribution < -0.4 is 32.3 Å². The third kappa shape index (κ3) is 15.1. The van der Waals surface area contributed by atoms with Crippen LogP contribution in [0.4, 0.5) is 10.5 Å². The fraction of sp³-hybridized carbons (Fsp3) is 0.531. The van der Waals surface area contributed by atoms with Crippen molar-refractivity contribution in [2.24, 2.45) is 11.7 Å². The van der Waals surface area contributed by atoms with Crippen molar-refractivity contribution in [3.63, 3.8) is 0 Å². The summed E-state index contributed by atoms with van der Waals surface area (Å²) in [5, 5.41) is 34.9. The first-order valence-corrected chi connectivity index (χ1v) is 17.9. The third-order valence-corrected chi connectivity index (χ3v) is 8.38. The smallest absolute Gasteiger partial charge is 0.312 e. The van der Waals surface area contributed by atoms with Crippen LogP contribution in [0.2, 0.25) is 0 Å². The van der Waals surface area contributed by atoms with Gasteiger partial charge in [0, 0.05) is 29.3 Å². The van der Waals surface area contributed by atoms with Crippen LogP contribution in [0.1, 0.15) is 81.1 Å². The summed E-state index contributed by atoms with van der Waals surface area (Å²) in [6.45, 7) is 4.26. The first-order valence-electron chi connectivity index (χ1n) is 15.6. The second-order valence-electron chi connectivity index (χ2n) is 11.4. The lowest BCUT2D eigenvalue weighted by molar-refractivity contribution is -0.132. The molecule has 0 bridgehead atoms. The van der Waals surface area contributed by atoms with Gasteiger partial charge in [-0.05, 0) is 73.5 Å². The predicted molar refractivity (Wildman–Crippen MR) is 187 cm³/mol. The Labute approximate surface area is 292 Å². The van der Waals surface area contributed by atoms with E-state index in [-0.39, 0.29) is 37.8 Å². The molecule has 0 aliphatic heterocycles. The zero-order valence-electron chi connectivity index (χ0n) is 26.9. The molecule has 260 valence electrons. The fourth-order valence-electron chi connectivity index (χ4n) is 4.67. The average molecular weight is 786 g/mol. The Morgan fingerprint density at radius 2 is 1.55 bits per heavy atom. The number of benzene rings is 1. The van der Waals surface area contributed by atoms with Gasteiger partial charge in [-0.3, -0.25) is 24.7 Å². The van der Waals surface area contributed by atoms with Crippen LogP contribution in [0.5, 0.6) is 0 Å². The van der Waals surface area contributed by atoms with Crippen LogP contribution in [0.15, 0.2) is 36.4 Å². The zero-order chi connectivity index (χ0) is 34.8. The summed E-state index contributed by atoms with van der Waals surface area (Å²) in [5.41, 5.74) is 8.71. The highest BCUT2D eigenvalue weighted by Crippen LogP contribution is 2.17. The second-order valence-corrected chi connectivity index (χ2v) is 12.6. The summed E-state index contributed by atoms with van der Waals surface area (Å²) in [6, 6.07) is 7.84. The number of nitrogens with zero attached hydrogens (tertiary/aromatic N) is 1. The van der Waals surface area contributed by atoms with Crippen LogP contribution in [0, 0.1) is 5.92 Å². The van der Waals surface area contributed by atoms with E-state index in [1.165, 1.54) is 0 Å². The molecule has 0 saturated heterocycles. The normalized spacial score (nSPS) is 13.0. The molecule has 1 heterocycles. The van der Waals surface area contributed by atoms with Gasteiger partial charge in [-0.15, -0.1) is 0 Å². The molecule has 3 atom stereocenters. The number of aliphatic hydroxyl groups is 2. The van der Waals surface area contributed by atoms with E-state index >= 15 is 0 Å². The number of hydrogen-bond acceptors (Lipinski definition) is 8. The fourth-order valence-corrected chi connectivity index (χ4v) is 5.24. The molecule has 1 unspecified atom stereocenters. The number of amides is 5. The molecular formula is C32H47Br2N7O6. The monoisotopic (exact) mass is 783 g/mol. The Morgan fingerprint density at radius 3 is 2.13 bits per heavy atom. The van der Waals surface area contributed by atoms with E-state index in [4.69, 9.17) is 5.73 Å². The van der Waals surface area contributed by atoms with E-state index in [9.17, 15) is 29.4 Å². The Morgan fingerprint density at radius 1 is 0.894 bits per heavy atom. The van der Waals surface area contributed by atoms with E-state index in [0.717, 1.165) is 29.8 Å². The summed E-state index contributed by atoms with van der Waals surface area (Å²) in [6.07, 6.45) is 2.04. The highest BCUT2D eigenvalue weighted by Gasteiger charge is 2.28. The molecule has 2 aromatic rings. The van der Waals surface area contributed by atoms with Gasteiger partial charge in [0.05, 0.1) is 18.0 Å². The molecule has 9 N–H and O–H groups in total. The van der Waals surface area contributed by atoms with Gasteiger partial charge < -0.3 is 37.2 Å². The van der Waals surface area contributed by atoms with Crippen LogP contribution in [0.3, 0.4) is 0 Å². The molecule has 0 spiro atoms. The molecule has 47 heavy (non-hydrogen) atoms. The lowest BCUT2D eigenvalue weighted by Crippen LogP contribution is -2.54. The molecule has 0 aliphatic rings. The standard InChI is InChI=1S/C32H47Br2N7O6/c1-20(2)28(41-27(43)8-4-3-5-13-36-29(44)22-15-24(17-33)38-25(16-22)18-34)31(46)40-26(7-6-14-37-32(35)47)30(45)39-23-11-9-21(19-42)10-12-23/h9-12,15-16,20,26,28-29,36,42,44H,3-8,13-14,17-19H2,1-2H3,(H,39,45)(H,40,46)(H,41,43)(H3,35,37,47)/t26-,28-,29?/m0/s1. The van der Waals surface area contributed by atoms with Gasteiger partial charge in [-0.1, -0.05) is 64.3 Å². The van der Waals surface area contributed by atoms with Gasteiger partial charge >= 0.3 is 6.03 Å². The molecule has 0 fully saturated rings. The summed E-state index contributed by atoms with van der Waals surface area (Å²) in [5.74, 6) is -1.48. The first kappa shape index (κ1) is 40.1.